The molecule has 0 aromatic carbocycles. The highest BCUT2D eigenvalue weighted by Gasteiger charge is 2.27. The Labute approximate surface area is 53.4 Å². The summed E-state index contributed by atoms with van der Waals surface area (Å²) in [6, 6.07) is 0. The molecule has 44 valence electrons. The van der Waals surface area contributed by atoms with Gasteiger partial charge in [0.25, 0.3) is 0 Å². The highest BCUT2D eigenvalue weighted by Crippen LogP contribution is 2.35. The van der Waals surface area contributed by atoms with E-state index in [-0.39, 0.29) is 11.8 Å². The molecule has 0 aromatic heterocycles. The Balaban J connectivity index is 2.51. The molecule has 0 heterocycles. The van der Waals surface area contributed by atoms with Gasteiger partial charge in [0.15, 0.2) is 0 Å². The predicted octanol–water partition coefficient (Wildman–Crippen LogP) is 1.12. The molecular formula is C8H6O. The minimum atomic E-state index is 0.285. The van der Waals surface area contributed by atoms with Crippen LogP contribution in [-0.4, -0.2) is 5.94 Å². The standard InChI is InChI=1S/C8H6O/c9-5-8-6-1-2-7(8)4-3-6/h1-4,6-7H. The molecule has 0 aliphatic heterocycles. The molecule has 0 aromatic rings. The summed E-state index contributed by atoms with van der Waals surface area (Å²) in [5.74, 6) is 2.54. The molecule has 0 saturated heterocycles. The van der Waals surface area contributed by atoms with Gasteiger partial charge < -0.3 is 0 Å². The maximum absolute atomic E-state index is 10.2. The minimum absolute atomic E-state index is 0.285. The van der Waals surface area contributed by atoms with E-state index in [1.165, 1.54) is 0 Å². The number of hydrogen-bond donors (Lipinski definition) is 0. The normalized spacial score (nSPS) is 35.8. The quantitative estimate of drug-likeness (QED) is 0.344. The van der Waals surface area contributed by atoms with Crippen molar-refractivity contribution in [1.82, 2.24) is 0 Å². The summed E-state index contributed by atoms with van der Waals surface area (Å²) in [5.41, 5.74) is 0.884. The Kier molecular flexibility index (Phi) is 0.773. The van der Waals surface area contributed by atoms with Crippen molar-refractivity contribution in [2.45, 2.75) is 0 Å². The van der Waals surface area contributed by atoms with Gasteiger partial charge >= 0.3 is 0 Å². The fraction of sp³-hybridized carbons (Fsp3) is 0.250. The highest BCUT2D eigenvalue weighted by atomic mass is 16.1. The van der Waals surface area contributed by atoms with Gasteiger partial charge in [0.1, 0.15) is 5.94 Å². The molecule has 0 unspecified atom stereocenters. The van der Waals surface area contributed by atoms with Crippen molar-refractivity contribution >= 4 is 5.94 Å². The number of rotatable bonds is 0. The van der Waals surface area contributed by atoms with Gasteiger partial charge in [0, 0.05) is 17.4 Å². The molecule has 0 radical (unpaired) electrons. The van der Waals surface area contributed by atoms with E-state index in [0.717, 1.165) is 5.57 Å². The third kappa shape index (κ3) is 0.470. The first kappa shape index (κ1) is 4.78. The second-order valence-electron chi connectivity index (χ2n) is 2.38. The summed E-state index contributed by atoms with van der Waals surface area (Å²) >= 11 is 0. The second-order valence-corrected chi connectivity index (χ2v) is 2.38. The van der Waals surface area contributed by atoms with E-state index in [2.05, 4.69) is 0 Å². The number of hydrogen-bond acceptors (Lipinski definition) is 1. The smallest absolute Gasteiger partial charge is 0.125 e. The van der Waals surface area contributed by atoms with Crippen LogP contribution in [0, 0.1) is 11.8 Å². The lowest BCUT2D eigenvalue weighted by molar-refractivity contribution is 0.564. The first-order valence-corrected chi connectivity index (χ1v) is 3.03. The van der Waals surface area contributed by atoms with Crippen molar-refractivity contribution in [3.05, 3.63) is 29.9 Å². The fourth-order valence-corrected chi connectivity index (χ4v) is 1.38. The molecule has 0 saturated carbocycles. The van der Waals surface area contributed by atoms with Gasteiger partial charge in [-0.3, -0.25) is 0 Å². The average molecular weight is 118 g/mol. The molecule has 1 nitrogen and oxygen atoms in total. The van der Waals surface area contributed by atoms with Crippen LogP contribution in [0.15, 0.2) is 29.9 Å². The van der Waals surface area contributed by atoms with Gasteiger partial charge in [0.2, 0.25) is 0 Å². The van der Waals surface area contributed by atoms with Crippen molar-refractivity contribution < 1.29 is 4.79 Å². The van der Waals surface area contributed by atoms with Gasteiger partial charge in [0.05, 0.1) is 0 Å². The van der Waals surface area contributed by atoms with E-state index in [9.17, 15) is 4.79 Å². The van der Waals surface area contributed by atoms with E-state index in [1.807, 2.05) is 30.2 Å². The van der Waals surface area contributed by atoms with Crippen molar-refractivity contribution in [3.63, 3.8) is 0 Å². The topological polar surface area (TPSA) is 17.1 Å². The van der Waals surface area contributed by atoms with Crippen molar-refractivity contribution in [2.24, 2.45) is 11.8 Å². The minimum Gasteiger partial charge on any atom is -0.233 e. The van der Waals surface area contributed by atoms with Crippen LogP contribution in [0.1, 0.15) is 0 Å². The predicted molar refractivity (Wildman–Crippen MR) is 34.5 cm³/mol. The second kappa shape index (κ2) is 1.46. The fourth-order valence-electron chi connectivity index (χ4n) is 1.38. The lowest BCUT2D eigenvalue weighted by Gasteiger charge is -1.94. The van der Waals surface area contributed by atoms with Crippen molar-refractivity contribution in [2.75, 3.05) is 0 Å². The summed E-state index contributed by atoms with van der Waals surface area (Å²) < 4.78 is 0. The molecule has 0 atom stereocenters. The molecule has 0 fully saturated rings. The monoisotopic (exact) mass is 118 g/mol. The maximum Gasteiger partial charge on any atom is 0.125 e. The van der Waals surface area contributed by atoms with Crippen LogP contribution in [0.2, 0.25) is 0 Å². The van der Waals surface area contributed by atoms with Crippen LogP contribution in [-0.2, 0) is 4.79 Å². The molecule has 0 spiro atoms. The summed E-state index contributed by atoms with van der Waals surface area (Å²) in [6.07, 6.45) is 8.19. The molecule has 2 bridgehead atoms. The van der Waals surface area contributed by atoms with Gasteiger partial charge in [-0.1, -0.05) is 24.3 Å². The van der Waals surface area contributed by atoms with Gasteiger partial charge in [-0.05, 0) is 0 Å². The highest BCUT2D eigenvalue weighted by molar-refractivity contribution is 5.63. The van der Waals surface area contributed by atoms with Crippen LogP contribution in [0.3, 0.4) is 0 Å². The first-order chi connectivity index (χ1) is 4.42. The molecule has 2 aliphatic carbocycles. The Hall–Kier alpha value is -1.07. The van der Waals surface area contributed by atoms with Crippen molar-refractivity contribution in [1.29, 1.82) is 0 Å². The lowest BCUT2D eigenvalue weighted by atomic mass is 10.1. The number of carbonyl (C=O) groups excluding carboxylic acids is 1. The van der Waals surface area contributed by atoms with E-state index < -0.39 is 0 Å². The van der Waals surface area contributed by atoms with Gasteiger partial charge in [-0.2, -0.15) is 0 Å². The Morgan fingerprint density at radius 1 is 1.11 bits per heavy atom. The Bertz CT molecular complexity index is 209. The van der Waals surface area contributed by atoms with E-state index in [1.54, 1.807) is 0 Å². The largest absolute Gasteiger partial charge is 0.233 e. The van der Waals surface area contributed by atoms with E-state index >= 15 is 0 Å². The maximum atomic E-state index is 10.2. The SMILES string of the molecule is O=C=C1C2C=CC1C=C2. The van der Waals surface area contributed by atoms with Crippen LogP contribution in [0.5, 0.6) is 0 Å². The third-order valence-electron chi connectivity index (χ3n) is 1.89. The van der Waals surface area contributed by atoms with Crippen LogP contribution >= 0.6 is 0 Å². The summed E-state index contributed by atoms with van der Waals surface area (Å²) in [7, 11) is 0. The number of fused-ring (bicyclic) bond motifs is 2. The molecule has 0 N–H and O–H groups in total. The lowest BCUT2D eigenvalue weighted by Crippen LogP contribution is -1.90. The van der Waals surface area contributed by atoms with Gasteiger partial charge in [-0.15, -0.1) is 0 Å². The van der Waals surface area contributed by atoms with Crippen LogP contribution in [0.4, 0.5) is 0 Å². The summed E-state index contributed by atoms with van der Waals surface area (Å²) in [5, 5.41) is 0. The zero-order valence-corrected chi connectivity index (χ0v) is 4.87. The zero-order valence-electron chi connectivity index (χ0n) is 4.87. The van der Waals surface area contributed by atoms with E-state index in [0.29, 0.717) is 0 Å². The van der Waals surface area contributed by atoms with E-state index in [4.69, 9.17) is 0 Å². The average Bonchev–Trinajstić information content (AvgIpc) is 2.44. The Morgan fingerprint density at radius 3 is 1.78 bits per heavy atom. The summed E-state index contributed by atoms with van der Waals surface area (Å²) in [4.78, 5) is 10.2. The molecule has 1 heteroatoms. The third-order valence-corrected chi connectivity index (χ3v) is 1.89. The molecule has 2 rings (SSSR count). The zero-order chi connectivity index (χ0) is 6.27. The molecule has 0 amide bonds. The number of allylic oxidation sites excluding steroid dienone is 5. The Morgan fingerprint density at radius 2 is 1.56 bits per heavy atom. The first-order valence-electron chi connectivity index (χ1n) is 3.03. The molecule has 2 aliphatic rings. The molecular weight excluding hydrogens is 112 g/mol. The molecule has 9 heavy (non-hydrogen) atoms. The summed E-state index contributed by atoms with van der Waals surface area (Å²) in [6.45, 7) is 0. The van der Waals surface area contributed by atoms with Crippen molar-refractivity contribution in [3.8, 4) is 0 Å². The van der Waals surface area contributed by atoms with Crippen LogP contribution in [0.25, 0.3) is 0 Å². The van der Waals surface area contributed by atoms with Gasteiger partial charge in [-0.25, -0.2) is 4.79 Å². The van der Waals surface area contributed by atoms with Crippen LogP contribution < -0.4 is 0 Å².